The summed E-state index contributed by atoms with van der Waals surface area (Å²) in [6, 6.07) is 16.0. The molecule has 166 valence electrons. The number of nitrogens with zero attached hydrogens (tertiary/aromatic N) is 5. The number of aliphatic hydroxyl groups is 1. The Labute approximate surface area is 187 Å². The molecule has 2 atom stereocenters. The van der Waals surface area contributed by atoms with Crippen molar-refractivity contribution >= 4 is 16.6 Å². The van der Waals surface area contributed by atoms with Gasteiger partial charge < -0.3 is 9.84 Å². The second-order valence-electron chi connectivity index (χ2n) is 9.44. The monoisotopic (exact) mass is 431 g/mol. The van der Waals surface area contributed by atoms with Gasteiger partial charge in [-0.25, -0.2) is 4.98 Å². The molecular weight excluding hydrogens is 402 g/mol. The zero-order valence-electron chi connectivity index (χ0n) is 18.8. The van der Waals surface area contributed by atoms with E-state index in [9.17, 15) is 5.11 Å². The van der Waals surface area contributed by atoms with E-state index in [1.807, 2.05) is 59.1 Å². The van der Waals surface area contributed by atoms with Crippen LogP contribution in [0, 0.1) is 0 Å². The van der Waals surface area contributed by atoms with Gasteiger partial charge in [-0.05, 0) is 51.5 Å². The molecular formula is C25H29N5O2. The summed E-state index contributed by atoms with van der Waals surface area (Å²) in [7, 11) is 0. The van der Waals surface area contributed by atoms with Crippen LogP contribution in [0.1, 0.15) is 33.6 Å². The maximum atomic E-state index is 9.98. The largest absolute Gasteiger partial charge is 0.488 e. The molecule has 0 unspecified atom stereocenters. The Bertz CT molecular complexity index is 1250. The van der Waals surface area contributed by atoms with Crippen LogP contribution in [0.3, 0.4) is 0 Å². The maximum absolute atomic E-state index is 9.98. The van der Waals surface area contributed by atoms with Crippen molar-refractivity contribution in [2.45, 2.75) is 51.3 Å². The number of hydrogen-bond acceptors (Lipinski definition) is 6. The third kappa shape index (κ3) is 3.82. The molecule has 1 aromatic carbocycles. The second kappa shape index (κ2) is 8.15. The van der Waals surface area contributed by atoms with Crippen LogP contribution in [-0.2, 0) is 0 Å². The number of likely N-dealkylation sites (tertiary alicyclic amines) is 1. The number of para-hydroxylation sites is 1. The number of fused-ring (bicyclic) bond motifs is 2. The number of hydrogen-bond donors (Lipinski definition) is 1. The molecule has 4 heterocycles. The lowest BCUT2D eigenvalue weighted by atomic mass is 9.93. The number of benzene rings is 1. The number of pyridine rings is 2. The molecule has 0 bridgehead atoms. The standard InChI is InChI=1S/C25H29N5O2/c1-25(2,3)30-14-12-19(15-18(30)16-31)32-21-8-6-7-17-10-11-20(26-23(17)21)24-28-27-22-9-4-5-13-29(22)24/h4-11,13,18-19,31H,12,14-16H2,1-3H3/t18-,19-/m0/s1. The minimum absolute atomic E-state index is 0.0231. The van der Waals surface area contributed by atoms with Gasteiger partial charge in [0.15, 0.2) is 11.5 Å². The van der Waals surface area contributed by atoms with E-state index in [-0.39, 0.29) is 24.3 Å². The van der Waals surface area contributed by atoms with E-state index < -0.39 is 0 Å². The topological polar surface area (TPSA) is 75.8 Å². The van der Waals surface area contributed by atoms with E-state index in [0.29, 0.717) is 5.82 Å². The first-order chi connectivity index (χ1) is 15.4. The summed E-state index contributed by atoms with van der Waals surface area (Å²) < 4.78 is 8.41. The number of aliphatic hydroxyl groups excluding tert-OH is 1. The molecule has 1 aliphatic rings. The van der Waals surface area contributed by atoms with E-state index in [1.54, 1.807) is 0 Å². The third-order valence-electron chi connectivity index (χ3n) is 6.26. The zero-order chi connectivity index (χ0) is 22.3. The zero-order valence-corrected chi connectivity index (χ0v) is 18.8. The van der Waals surface area contributed by atoms with Crippen molar-refractivity contribution in [1.29, 1.82) is 0 Å². The van der Waals surface area contributed by atoms with Crippen molar-refractivity contribution in [3.05, 3.63) is 54.7 Å². The van der Waals surface area contributed by atoms with Crippen LogP contribution in [0.2, 0.25) is 0 Å². The summed E-state index contributed by atoms with van der Waals surface area (Å²) in [5, 5.41) is 19.6. The molecule has 32 heavy (non-hydrogen) atoms. The molecule has 0 radical (unpaired) electrons. The number of aromatic nitrogens is 4. The molecule has 1 aliphatic heterocycles. The number of ether oxygens (including phenoxy) is 1. The van der Waals surface area contributed by atoms with Crippen LogP contribution in [0.4, 0.5) is 0 Å². The fourth-order valence-corrected chi connectivity index (χ4v) is 4.71. The minimum atomic E-state index is 0.0231. The molecule has 0 saturated carbocycles. The summed E-state index contributed by atoms with van der Waals surface area (Å²) in [5.74, 6) is 1.47. The highest BCUT2D eigenvalue weighted by Crippen LogP contribution is 2.32. The smallest absolute Gasteiger partial charge is 0.187 e. The van der Waals surface area contributed by atoms with E-state index in [0.717, 1.165) is 47.4 Å². The first-order valence-corrected chi connectivity index (χ1v) is 11.2. The molecule has 5 rings (SSSR count). The van der Waals surface area contributed by atoms with E-state index in [4.69, 9.17) is 9.72 Å². The van der Waals surface area contributed by atoms with Gasteiger partial charge in [0.2, 0.25) is 0 Å². The van der Waals surface area contributed by atoms with E-state index >= 15 is 0 Å². The maximum Gasteiger partial charge on any atom is 0.187 e. The highest BCUT2D eigenvalue weighted by Gasteiger charge is 2.35. The van der Waals surface area contributed by atoms with Crippen LogP contribution < -0.4 is 4.74 Å². The van der Waals surface area contributed by atoms with Gasteiger partial charge in [-0.15, -0.1) is 10.2 Å². The molecule has 4 aromatic rings. The highest BCUT2D eigenvalue weighted by molar-refractivity contribution is 5.86. The van der Waals surface area contributed by atoms with Crippen LogP contribution in [0.15, 0.2) is 54.7 Å². The SMILES string of the molecule is CC(C)(C)N1CC[C@H](Oc2cccc3ccc(-c4nnc5ccccn45)nc23)C[C@H]1CO. The molecule has 1 saturated heterocycles. The van der Waals surface area contributed by atoms with Crippen molar-refractivity contribution in [2.24, 2.45) is 0 Å². The number of rotatable bonds is 4. The van der Waals surface area contributed by atoms with Gasteiger partial charge in [-0.2, -0.15) is 0 Å². The van der Waals surface area contributed by atoms with Gasteiger partial charge in [0, 0.05) is 36.1 Å². The van der Waals surface area contributed by atoms with Crippen LogP contribution in [0.25, 0.3) is 28.1 Å². The molecule has 0 amide bonds. The van der Waals surface area contributed by atoms with Gasteiger partial charge in [-0.1, -0.05) is 24.3 Å². The first-order valence-electron chi connectivity index (χ1n) is 11.2. The molecule has 1 N–H and O–H groups in total. The van der Waals surface area contributed by atoms with Crippen molar-refractivity contribution in [3.8, 4) is 17.3 Å². The van der Waals surface area contributed by atoms with Gasteiger partial charge in [-0.3, -0.25) is 9.30 Å². The normalized spacial score (nSPS) is 20.1. The fourth-order valence-electron chi connectivity index (χ4n) is 4.71. The summed E-state index contributed by atoms with van der Waals surface area (Å²) in [6.07, 6.45) is 3.68. The molecule has 7 heteroatoms. The third-order valence-corrected chi connectivity index (χ3v) is 6.26. The van der Waals surface area contributed by atoms with E-state index in [1.165, 1.54) is 0 Å². The van der Waals surface area contributed by atoms with Crippen LogP contribution in [-0.4, -0.2) is 60.4 Å². The fraction of sp³-hybridized carbons (Fsp3) is 0.400. The lowest BCUT2D eigenvalue weighted by Gasteiger charge is -2.46. The highest BCUT2D eigenvalue weighted by atomic mass is 16.5. The lowest BCUT2D eigenvalue weighted by Crippen LogP contribution is -2.55. The average molecular weight is 432 g/mol. The molecule has 0 spiro atoms. The summed E-state index contributed by atoms with van der Waals surface area (Å²) in [4.78, 5) is 7.30. The second-order valence-corrected chi connectivity index (χ2v) is 9.44. The van der Waals surface area contributed by atoms with Crippen molar-refractivity contribution in [2.75, 3.05) is 13.2 Å². The Morgan fingerprint density at radius 2 is 1.94 bits per heavy atom. The predicted octanol–water partition coefficient (Wildman–Crippen LogP) is 3.95. The summed E-state index contributed by atoms with van der Waals surface area (Å²) >= 11 is 0. The summed E-state index contributed by atoms with van der Waals surface area (Å²) in [5.41, 5.74) is 2.38. The molecule has 1 fully saturated rings. The van der Waals surface area contributed by atoms with Gasteiger partial charge >= 0.3 is 0 Å². The van der Waals surface area contributed by atoms with Crippen molar-refractivity contribution in [1.82, 2.24) is 24.5 Å². The number of piperidine rings is 1. The van der Waals surface area contributed by atoms with Crippen molar-refractivity contribution < 1.29 is 9.84 Å². The Kier molecular flexibility index (Phi) is 5.31. The van der Waals surface area contributed by atoms with Gasteiger partial charge in [0.1, 0.15) is 23.1 Å². The molecule has 3 aromatic heterocycles. The molecule has 0 aliphatic carbocycles. The van der Waals surface area contributed by atoms with Crippen LogP contribution >= 0.6 is 0 Å². The van der Waals surface area contributed by atoms with Crippen molar-refractivity contribution in [3.63, 3.8) is 0 Å². The van der Waals surface area contributed by atoms with E-state index in [2.05, 4.69) is 35.9 Å². The predicted molar refractivity (Wildman–Crippen MR) is 125 cm³/mol. The first kappa shape index (κ1) is 20.8. The average Bonchev–Trinajstić information content (AvgIpc) is 3.22. The van der Waals surface area contributed by atoms with Crippen LogP contribution in [0.5, 0.6) is 5.75 Å². The Hall–Kier alpha value is -3.03. The van der Waals surface area contributed by atoms with Gasteiger partial charge in [0.05, 0.1) is 6.61 Å². The summed E-state index contributed by atoms with van der Waals surface area (Å²) in [6.45, 7) is 7.62. The Morgan fingerprint density at radius 3 is 2.75 bits per heavy atom. The minimum Gasteiger partial charge on any atom is -0.488 e. The Morgan fingerprint density at radius 1 is 1.06 bits per heavy atom. The lowest BCUT2D eigenvalue weighted by molar-refractivity contribution is -0.0196. The quantitative estimate of drug-likeness (QED) is 0.527. The molecule has 7 nitrogen and oxygen atoms in total. The van der Waals surface area contributed by atoms with Gasteiger partial charge in [0.25, 0.3) is 0 Å². The Balaban J connectivity index is 1.45.